The number of benzene rings is 2. The molecule has 1 unspecified atom stereocenters. The van der Waals surface area contributed by atoms with Crippen molar-refractivity contribution < 1.29 is 9.47 Å². The second-order valence-electron chi connectivity index (χ2n) is 7.07. The van der Waals surface area contributed by atoms with E-state index in [1.54, 1.807) is 13.2 Å². The van der Waals surface area contributed by atoms with Gasteiger partial charge in [0.25, 0.3) is 0 Å². The minimum Gasteiger partial charge on any atom is -0.493 e. The Morgan fingerprint density at radius 3 is 2.60 bits per heavy atom. The van der Waals surface area contributed by atoms with Gasteiger partial charge in [-0.3, -0.25) is 4.90 Å². The van der Waals surface area contributed by atoms with Crippen LogP contribution in [0.25, 0.3) is 0 Å². The smallest absolute Gasteiger partial charge is 0.161 e. The second-order valence-corrected chi connectivity index (χ2v) is 7.91. The van der Waals surface area contributed by atoms with Gasteiger partial charge in [0, 0.05) is 34.7 Å². The molecule has 4 nitrogen and oxygen atoms in total. The number of nitrogens with zero attached hydrogens (tertiary/aromatic N) is 1. The number of rotatable bonds is 9. The van der Waals surface area contributed by atoms with Gasteiger partial charge in [0.2, 0.25) is 0 Å². The van der Waals surface area contributed by atoms with Crippen LogP contribution in [0.3, 0.4) is 0 Å². The highest BCUT2D eigenvalue weighted by Gasteiger charge is 2.22. The second kappa shape index (κ2) is 13.5. The molecule has 168 valence electrons. The van der Waals surface area contributed by atoms with Gasteiger partial charge in [0.15, 0.2) is 11.5 Å². The van der Waals surface area contributed by atoms with Gasteiger partial charge in [-0.1, -0.05) is 42.3 Å². The number of likely N-dealkylation sites (N-methyl/N-ethyl adjacent to an activating group) is 1. The summed E-state index contributed by atoms with van der Waals surface area (Å²) in [6, 6.07) is 12.1. The molecule has 2 aromatic carbocycles. The minimum atomic E-state index is 0. The van der Waals surface area contributed by atoms with Crippen molar-refractivity contribution in [2.75, 3.05) is 26.7 Å². The molecule has 1 saturated heterocycles. The topological polar surface area (TPSA) is 33.7 Å². The van der Waals surface area contributed by atoms with Crippen LogP contribution < -0.4 is 14.8 Å². The minimum absolute atomic E-state index is 0. The molecular weight excluding hydrogens is 466 g/mol. The molecule has 0 aliphatic carbocycles. The fourth-order valence-corrected chi connectivity index (χ4v) is 4.12. The van der Waals surface area contributed by atoms with Crippen LogP contribution in [0.5, 0.6) is 11.5 Å². The van der Waals surface area contributed by atoms with Crippen molar-refractivity contribution in [2.45, 2.75) is 39.0 Å². The first-order valence-corrected chi connectivity index (χ1v) is 10.5. The highest BCUT2D eigenvalue weighted by molar-refractivity contribution is 6.35. The average molecular weight is 496 g/mol. The van der Waals surface area contributed by atoms with Crippen molar-refractivity contribution >= 4 is 48.0 Å². The Morgan fingerprint density at radius 2 is 1.90 bits per heavy atom. The summed E-state index contributed by atoms with van der Waals surface area (Å²) in [4.78, 5) is 2.55. The zero-order valence-corrected chi connectivity index (χ0v) is 20.5. The lowest BCUT2D eigenvalue weighted by Gasteiger charge is -2.23. The number of methoxy groups -OCH3 is 1. The number of hydrogen-bond donors (Lipinski definition) is 1. The number of halogens is 4. The quantitative estimate of drug-likeness (QED) is 0.462. The van der Waals surface area contributed by atoms with Gasteiger partial charge in [-0.2, -0.15) is 0 Å². The summed E-state index contributed by atoms with van der Waals surface area (Å²) in [6.45, 7) is 6.78. The van der Waals surface area contributed by atoms with Crippen LogP contribution in [0.15, 0.2) is 36.4 Å². The van der Waals surface area contributed by atoms with Crippen molar-refractivity contribution in [2.24, 2.45) is 0 Å². The third-order valence-corrected chi connectivity index (χ3v) is 5.83. The predicted octanol–water partition coefficient (Wildman–Crippen LogP) is 6.00. The Morgan fingerprint density at radius 1 is 1.10 bits per heavy atom. The van der Waals surface area contributed by atoms with Crippen LogP contribution in [0.1, 0.15) is 30.9 Å². The van der Waals surface area contributed by atoms with E-state index in [-0.39, 0.29) is 24.8 Å². The highest BCUT2D eigenvalue weighted by Crippen LogP contribution is 2.30. The predicted molar refractivity (Wildman–Crippen MR) is 130 cm³/mol. The fourth-order valence-electron chi connectivity index (χ4n) is 3.66. The maximum Gasteiger partial charge on any atom is 0.161 e. The molecule has 1 N–H and O–H groups in total. The van der Waals surface area contributed by atoms with Crippen molar-refractivity contribution in [3.63, 3.8) is 0 Å². The van der Waals surface area contributed by atoms with E-state index >= 15 is 0 Å². The summed E-state index contributed by atoms with van der Waals surface area (Å²) >= 11 is 12.2. The molecule has 2 aromatic rings. The molecule has 0 radical (unpaired) electrons. The molecule has 1 heterocycles. The molecule has 1 fully saturated rings. The van der Waals surface area contributed by atoms with Crippen molar-refractivity contribution in [1.82, 2.24) is 10.2 Å². The van der Waals surface area contributed by atoms with E-state index in [0.717, 1.165) is 30.9 Å². The van der Waals surface area contributed by atoms with E-state index in [1.165, 1.54) is 24.9 Å². The molecule has 3 rings (SSSR count). The SMILES string of the molecule is CCN1CCCC1CNCc1ccc(OCc2ccc(Cl)cc2Cl)c(OC)c1.Cl.Cl. The molecule has 30 heavy (non-hydrogen) atoms. The first-order chi connectivity index (χ1) is 13.6. The van der Waals surface area contributed by atoms with E-state index < -0.39 is 0 Å². The van der Waals surface area contributed by atoms with Gasteiger partial charge >= 0.3 is 0 Å². The first kappa shape index (κ1) is 27.2. The molecule has 1 atom stereocenters. The largest absolute Gasteiger partial charge is 0.493 e. The van der Waals surface area contributed by atoms with Gasteiger partial charge in [-0.25, -0.2) is 0 Å². The van der Waals surface area contributed by atoms with Crippen LogP contribution in [0.4, 0.5) is 0 Å². The first-order valence-electron chi connectivity index (χ1n) is 9.79. The molecule has 0 bridgehead atoms. The van der Waals surface area contributed by atoms with E-state index in [2.05, 4.69) is 23.2 Å². The lowest BCUT2D eigenvalue weighted by molar-refractivity contribution is 0.260. The summed E-state index contributed by atoms with van der Waals surface area (Å²) in [5.74, 6) is 1.42. The Kier molecular flexibility index (Phi) is 12.2. The number of hydrogen-bond acceptors (Lipinski definition) is 4. The van der Waals surface area contributed by atoms with Crippen molar-refractivity contribution in [1.29, 1.82) is 0 Å². The third-order valence-electron chi connectivity index (χ3n) is 5.24. The zero-order chi connectivity index (χ0) is 19.9. The van der Waals surface area contributed by atoms with Gasteiger partial charge in [0.1, 0.15) is 6.61 Å². The van der Waals surface area contributed by atoms with Crippen LogP contribution in [-0.2, 0) is 13.2 Å². The zero-order valence-electron chi connectivity index (χ0n) is 17.3. The summed E-state index contributed by atoms with van der Waals surface area (Å²) < 4.78 is 11.4. The molecule has 1 aliphatic heterocycles. The van der Waals surface area contributed by atoms with Crippen LogP contribution in [0, 0.1) is 0 Å². The Labute approximate surface area is 202 Å². The number of ether oxygens (including phenoxy) is 2. The maximum atomic E-state index is 6.22. The molecule has 0 amide bonds. The van der Waals surface area contributed by atoms with Gasteiger partial charge in [0.05, 0.1) is 7.11 Å². The summed E-state index contributed by atoms with van der Waals surface area (Å²) in [6.07, 6.45) is 2.59. The Bertz CT molecular complexity index is 792. The summed E-state index contributed by atoms with van der Waals surface area (Å²) in [7, 11) is 1.66. The van der Waals surface area contributed by atoms with Crippen molar-refractivity contribution in [3.05, 3.63) is 57.6 Å². The molecular formula is C22H30Cl4N2O2. The van der Waals surface area contributed by atoms with E-state index in [9.17, 15) is 0 Å². The summed E-state index contributed by atoms with van der Waals surface area (Å²) in [5, 5.41) is 4.79. The monoisotopic (exact) mass is 494 g/mol. The fraction of sp³-hybridized carbons (Fsp3) is 0.455. The summed E-state index contributed by atoms with van der Waals surface area (Å²) in [5.41, 5.74) is 2.06. The van der Waals surface area contributed by atoms with Crippen molar-refractivity contribution in [3.8, 4) is 11.5 Å². The lowest BCUT2D eigenvalue weighted by atomic mass is 10.1. The molecule has 0 saturated carbocycles. The highest BCUT2D eigenvalue weighted by atomic mass is 35.5. The normalized spacial score (nSPS) is 15.9. The van der Waals surface area contributed by atoms with Gasteiger partial charge in [-0.15, -0.1) is 24.8 Å². The maximum absolute atomic E-state index is 6.22. The van der Waals surface area contributed by atoms with Crippen LogP contribution in [0.2, 0.25) is 10.0 Å². The van der Waals surface area contributed by atoms with Gasteiger partial charge in [-0.05, 0) is 55.8 Å². The van der Waals surface area contributed by atoms with Crippen LogP contribution >= 0.6 is 48.0 Å². The Balaban J connectivity index is 0.00000225. The molecule has 0 aromatic heterocycles. The molecule has 0 spiro atoms. The lowest BCUT2D eigenvalue weighted by Crippen LogP contribution is -2.37. The number of nitrogens with one attached hydrogen (secondary N) is 1. The molecule has 1 aliphatic rings. The molecule has 8 heteroatoms. The van der Waals surface area contributed by atoms with Crippen LogP contribution in [-0.4, -0.2) is 37.7 Å². The Hall–Kier alpha value is -0.880. The van der Waals surface area contributed by atoms with Gasteiger partial charge < -0.3 is 14.8 Å². The van der Waals surface area contributed by atoms with E-state index in [0.29, 0.717) is 28.4 Å². The van der Waals surface area contributed by atoms with E-state index in [4.69, 9.17) is 32.7 Å². The standard InChI is InChI=1S/C22H28Cl2N2O2.2ClH/c1-3-26-10-4-5-19(26)14-25-13-16-6-9-21(22(11-16)27-2)28-15-17-7-8-18(23)12-20(17)24;;/h6-9,11-12,19,25H,3-5,10,13-15H2,1-2H3;2*1H. The number of likely N-dealkylation sites (tertiary alicyclic amines) is 1. The average Bonchev–Trinajstić information content (AvgIpc) is 3.15. The third kappa shape index (κ3) is 7.37. The van der Waals surface area contributed by atoms with E-state index in [1.807, 2.05) is 24.3 Å².